The van der Waals surface area contributed by atoms with E-state index in [9.17, 15) is 4.79 Å². The van der Waals surface area contributed by atoms with E-state index in [1.54, 1.807) is 20.3 Å². The quantitative estimate of drug-likeness (QED) is 0.376. The Hall–Kier alpha value is -1.49. The molecular formula is C9H19N3O4. The van der Waals surface area contributed by atoms with E-state index in [-0.39, 0.29) is 6.42 Å². The lowest BCUT2D eigenvalue weighted by atomic mass is 10.5. The first-order valence-electron chi connectivity index (χ1n) is 4.29. The summed E-state index contributed by atoms with van der Waals surface area (Å²) >= 11 is 0. The Balaban J connectivity index is -0.000000188. The highest BCUT2D eigenvalue weighted by Crippen LogP contribution is 1.77. The number of carbonyl (C=O) groups excluding carboxylic acids is 1. The highest BCUT2D eigenvalue weighted by Gasteiger charge is 1.91. The van der Waals surface area contributed by atoms with Crippen molar-refractivity contribution in [3.05, 3.63) is 0 Å². The molecule has 0 fully saturated rings. The predicted molar refractivity (Wildman–Crippen MR) is 59.8 cm³/mol. The number of nitrogens with zero attached hydrogens (tertiary/aromatic N) is 2. The van der Waals surface area contributed by atoms with Gasteiger partial charge in [0.2, 0.25) is 0 Å². The van der Waals surface area contributed by atoms with Gasteiger partial charge in [-0.2, -0.15) is 5.26 Å². The van der Waals surface area contributed by atoms with Gasteiger partial charge in [-0.15, -0.1) is 0 Å². The van der Waals surface area contributed by atoms with Gasteiger partial charge in [-0.05, 0) is 0 Å². The number of nitriles is 1. The molecule has 0 rings (SSSR count). The summed E-state index contributed by atoms with van der Waals surface area (Å²) in [4.78, 5) is 13.2. The molecule has 0 heterocycles. The van der Waals surface area contributed by atoms with Crippen LogP contribution in [0.25, 0.3) is 0 Å². The minimum Gasteiger partial charge on any atom is -0.400 e. The summed E-state index contributed by atoms with van der Waals surface area (Å²) in [6.45, 7) is 1.38. The smallest absolute Gasteiger partial charge is 0.261 e. The molecule has 0 radical (unpaired) electrons. The van der Waals surface area contributed by atoms with Gasteiger partial charge in [0.05, 0.1) is 25.6 Å². The number of aliphatic imine (C=N–C) groups is 1. The lowest BCUT2D eigenvalue weighted by molar-refractivity contribution is -0.116. The van der Waals surface area contributed by atoms with Gasteiger partial charge in [0, 0.05) is 21.3 Å². The molecule has 7 heteroatoms. The molecule has 0 aromatic rings. The van der Waals surface area contributed by atoms with Crippen molar-refractivity contribution in [1.82, 2.24) is 0 Å². The Morgan fingerprint density at radius 1 is 1.44 bits per heavy atom. The van der Waals surface area contributed by atoms with Crippen molar-refractivity contribution in [3.8, 4) is 6.07 Å². The van der Waals surface area contributed by atoms with E-state index >= 15 is 0 Å². The molecule has 3 N–H and O–H groups in total. The molecule has 1 amide bonds. The van der Waals surface area contributed by atoms with Crippen molar-refractivity contribution in [3.63, 3.8) is 0 Å². The van der Waals surface area contributed by atoms with Crippen LogP contribution in [0, 0.1) is 11.3 Å². The molecule has 7 nitrogen and oxygen atoms in total. The van der Waals surface area contributed by atoms with Crippen molar-refractivity contribution in [2.45, 2.75) is 6.42 Å². The minimum absolute atomic E-state index is 0.201. The van der Waals surface area contributed by atoms with Gasteiger partial charge in [0.1, 0.15) is 6.42 Å². The number of nitrogens with two attached hydrogens (primary N) is 1. The van der Waals surface area contributed by atoms with Crippen LogP contribution >= 0.6 is 0 Å². The zero-order valence-corrected chi connectivity index (χ0v) is 9.84. The third-order valence-corrected chi connectivity index (χ3v) is 0.940. The summed E-state index contributed by atoms with van der Waals surface area (Å²) < 4.78 is 9.31. The predicted octanol–water partition coefficient (Wildman–Crippen LogP) is -0.699. The van der Waals surface area contributed by atoms with Gasteiger partial charge in [-0.3, -0.25) is 4.79 Å². The minimum atomic E-state index is -0.505. The molecule has 0 atom stereocenters. The van der Waals surface area contributed by atoms with Gasteiger partial charge >= 0.3 is 0 Å². The van der Waals surface area contributed by atoms with E-state index < -0.39 is 5.91 Å². The van der Waals surface area contributed by atoms with Gasteiger partial charge < -0.3 is 20.3 Å². The SMILES string of the molecule is CO.COCCOC.N#CCC(=O)N=CN. The maximum Gasteiger partial charge on any atom is 0.261 e. The summed E-state index contributed by atoms with van der Waals surface area (Å²) in [7, 11) is 4.30. The summed E-state index contributed by atoms with van der Waals surface area (Å²) in [5.74, 6) is -0.505. The molecule has 0 aromatic heterocycles. The monoisotopic (exact) mass is 233 g/mol. The highest BCUT2D eigenvalue weighted by atomic mass is 16.5. The fraction of sp³-hybridized carbons (Fsp3) is 0.667. The fourth-order valence-corrected chi connectivity index (χ4v) is 0.363. The zero-order chi connectivity index (χ0) is 13.2. The molecule has 94 valence electrons. The number of amides is 1. The largest absolute Gasteiger partial charge is 0.400 e. The van der Waals surface area contributed by atoms with E-state index in [1.165, 1.54) is 0 Å². The molecule has 0 aliphatic carbocycles. The van der Waals surface area contributed by atoms with Crippen LogP contribution in [-0.2, 0) is 14.3 Å². The molecule has 0 aliphatic heterocycles. The van der Waals surface area contributed by atoms with Crippen LogP contribution in [0.1, 0.15) is 6.42 Å². The molecule has 0 saturated heterocycles. The average molecular weight is 233 g/mol. The van der Waals surface area contributed by atoms with Crippen LogP contribution in [0.15, 0.2) is 4.99 Å². The number of aliphatic hydroxyl groups is 1. The summed E-state index contributed by atoms with van der Waals surface area (Å²) in [6.07, 6.45) is 0.674. The van der Waals surface area contributed by atoms with Gasteiger partial charge in [0.15, 0.2) is 0 Å². The molecule has 0 bridgehead atoms. The number of methoxy groups -OCH3 is 2. The Morgan fingerprint density at radius 2 is 1.88 bits per heavy atom. The number of ether oxygens (including phenoxy) is 2. The summed E-state index contributed by atoms with van der Waals surface area (Å²) in [5, 5.41) is 14.9. The maximum absolute atomic E-state index is 10.1. The molecule has 0 unspecified atom stereocenters. The van der Waals surface area contributed by atoms with Gasteiger partial charge in [-0.1, -0.05) is 0 Å². The normalized spacial score (nSPS) is 8.19. The number of carbonyl (C=O) groups is 1. The Labute approximate surface area is 95.5 Å². The van der Waals surface area contributed by atoms with Crippen LogP contribution in [0.3, 0.4) is 0 Å². The standard InChI is InChI=1S/C4H5N3O.C4H10O2.CH4O/c5-2-1-4(8)7-3-6;1-5-3-4-6-2;1-2/h3H,1H2,(H2,6,7,8);3-4H2,1-2H3;2H,1H3. The van der Waals surface area contributed by atoms with Crippen molar-refractivity contribution in [2.75, 3.05) is 34.5 Å². The van der Waals surface area contributed by atoms with E-state index in [0.717, 1.165) is 13.4 Å². The number of hydrogen-bond donors (Lipinski definition) is 2. The summed E-state index contributed by atoms with van der Waals surface area (Å²) in [6, 6.07) is 1.63. The lowest BCUT2D eigenvalue weighted by Crippen LogP contribution is -1.96. The first-order valence-corrected chi connectivity index (χ1v) is 4.29. The third kappa shape index (κ3) is 29.4. The third-order valence-electron chi connectivity index (χ3n) is 0.940. The van der Waals surface area contributed by atoms with E-state index in [2.05, 4.69) is 14.5 Å². The van der Waals surface area contributed by atoms with Gasteiger partial charge in [-0.25, -0.2) is 4.99 Å². The lowest BCUT2D eigenvalue weighted by Gasteiger charge is -1.91. The second-order valence-corrected chi connectivity index (χ2v) is 1.99. The highest BCUT2D eigenvalue weighted by molar-refractivity contribution is 5.85. The fourth-order valence-electron chi connectivity index (χ4n) is 0.363. The Morgan fingerprint density at radius 3 is 2.12 bits per heavy atom. The number of rotatable bonds is 4. The molecule has 0 saturated carbocycles. The maximum atomic E-state index is 10.1. The van der Waals surface area contributed by atoms with Crippen LogP contribution in [-0.4, -0.2) is 51.9 Å². The first-order chi connectivity index (χ1) is 7.72. The topological polar surface area (TPSA) is 118 Å². The van der Waals surface area contributed by atoms with Crippen LogP contribution < -0.4 is 5.73 Å². The van der Waals surface area contributed by atoms with Crippen molar-refractivity contribution >= 4 is 12.2 Å². The average Bonchev–Trinajstić information content (AvgIpc) is 2.30. The van der Waals surface area contributed by atoms with E-state index in [0.29, 0.717) is 13.2 Å². The van der Waals surface area contributed by atoms with Crippen molar-refractivity contribution in [1.29, 1.82) is 5.26 Å². The van der Waals surface area contributed by atoms with Crippen LogP contribution in [0.2, 0.25) is 0 Å². The first kappa shape index (κ1) is 20.0. The Bertz CT molecular complexity index is 197. The zero-order valence-electron chi connectivity index (χ0n) is 9.84. The van der Waals surface area contributed by atoms with Crippen LogP contribution in [0.4, 0.5) is 0 Å². The summed E-state index contributed by atoms with van der Waals surface area (Å²) in [5.41, 5.74) is 4.74. The van der Waals surface area contributed by atoms with E-state index in [1.807, 2.05) is 0 Å². The molecule has 0 aromatic carbocycles. The van der Waals surface area contributed by atoms with Crippen molar-refractivity contribution < 1.29 is 19.4 Å². The number of aliphatic hydroxyl groups excluding tert-OH is 1. The van der Waals surface area contributed by atoms with Crippen LogP contribution in [0.5, 0.6) is 0 Å². The second-order valence-electron chi connectivity index (χ2n) is 1.99. The second kappa shape index (κ2) is 23.4. The molecule has 0 aliphatic rings. The van der Waals surface area contributed by atoms with Gasteiger partial charge in [0.25, 0.3) is 5.91 Å². The molecule has 0 spiro atoms. The molecule has 16 heavy (non-hydrogen) atoms. The Kier molecular flexibility index (Phi) is 29.2. The molecular weight excluding hydrogens is 214 g/mol. The van der Waals surface area contributed by atoms with E-state index in [4.69, 9.17) is 16.1 Å². The van der Waals surface area contributed by atoms with Crippen molar-refractivity contribution in [2.24, 2.45) is 10.7 Å². The number of hydrogen-bond acceptors (Lipinski definition) is 5.